The van der Waals surface area contributed by atoms with Gasteiger partial charge in [0, 0.05) is 28.7 Å². The number of benzene rings is 1. The lowest BCUT2D eigenvalue weighted by atomic mass is 10.1. The summed E-state index contributed by atoms with van der Waals surface area (Å²) in [6, 6.07) is 8.27. The van der Waals surface area contributed by atoms with Crippen molar-refractivity contribution in [2.75, 3.05) is 11.9 Å². The molecule has 4 heteroatoms. The quantitative estimate of drug-likeness (QED) is 0.929. The van der Waals surface area contributed by atoms with E-state index in [9.17, 15) is 0 Å². The van der Waals surface area contributed by atoms with Crippen molar-refractivity contribution in [2.24, 2.45) is 0 Å². The highest BCUT2D eigenvalue weighted by atomic mass is 79.9. The smallest absolute Gasteiger partial charge is 0.135 e. The van der Waals surface area contributed by atoms with Gasteiger partial charge < -0.3 is 5.32 Å². The number of nitrogens with zero attached hydrogens (tertiary/aromatic N) is 2. The standard InChI is InChI=1S/C15H18BrN3/c1-4-17-15-10(2)11(3)18-14(19-15)9-12-5-7-13(16)8-6-12/h5-8H,4,9H2,1-3H3,(H,17,18,19). The summed E-state index contributed by atoms with van der Waals surface area (Å²) in [5.74, 6) is 1.81. The van der Waals surface area contributed by atoms with Crippen molar-refractivity contribution >= 4 is 21.7 Å². The second-order valence-corrected chi connectivity index (χ2v) is 5.45. The first-order chi connectivity index (χ1) is 9.10. The lowest BCUT2D eigenvalue weighted by molar-refractivity contribution is 0.923. The normalized spacial score (nSPS) is 10.5. The van der Waals surface area contributed by atoms with Crippen molar-refractivity contribution in [3.8, 4) is 0 Å². The highest BCUT2D eigenvalue weighted by Crippen LogP contribution is 2.17. The third kappa shape index (κ3) is 3.53. The van der Waals surface area contributed by atoms with Crippen molar-refractivity contribution in [1.29, 1.82) is 0 Å². The second-order valence-electron chi connectivity index (χ2n) is 4.53. The van der Waals surface area contributed by atoms with Gasteiger partial charge in [0.15, 0.2) is 0 Å². The van der Waals surface area contributed by atoms with Crippen LogP contribution in [0.5, 0.6) is 0 Å². The van der Waals surface area contributed by atoms with Gasteiger partial charge in [0.2, 0.25) is 0 Å². The molecule has 0 atom stereocenters. The minimum atomic E-state index is 0.757. The Labute approximate surface area is 122 Å². The van der Waals surface area contributed by atoms with Crippen LogP contribution in [-0.2, 0) is 6.42 Å². The van der Waals surface area contributed by atoms with E-state index in [0.717, 1.165) is 40.3 Å². The number of hydrogen-bond acceptors (Lipinski definition) is 3. The van der Waals surface area contributed by atoms with Gasteiger partial charge >= 0.3 is 0 Å². The number of halogens is 1. The Hall–Kier alpha value is -1.42. The summed E-state index contributed by atoms with van der Waals surface area (Å²) in [6.45, 7) is 7.03. The van der Waals surface area contributed by atoms with Gasteiger partial charge in [-0.25, -0.2) is 9.97 Å². The lowest BCUT2D eigenvalue weighted by Crippen LogP contribution is -2.08. The Morgan fingerprint density at radius 3 is 2.42 bits per heavy atom. The van der Waals surface area contributed by atoms with Crippen molar-refractivity contribution in [3.05, 3.63) is 51.4 Å². The predicted octanol–water partition coefficient (Wildman–Crippen LogP) is 3.88. The largest absolute Gasteiger partial charge is 0.370 e. The van der Waals surface area contributed by atoms with Gasteiger partial charge in [-0.05, 0) is 38.5 Å². The molecular weight excluding hydrogens is 302 g/mol. The molecule has 1 heterocycles. The molecule has 1 aromatic carbocycles. The van der Waals surface area contributed by atoms with Crippen LogP contribution in [0.2, 0.25) is 0 Å². The van der Waals surface area contributed by atoms with Crippen LogP contribution in [0.1, 0.15) is 29.6 Å². The van der Waals surface area contributed by atoms with Crippen LogP contribution >= 0.6 is 15.9 Å². The van der Waals surface area contributed by atoms with Crippen LogP contribution in [0, 0.1) is 13.8 Å². The Morgan fingerprint density at radius 1 is 1.11 bits per heavy atom. The number of aromatic nitrogens is 2. The molecule has 1 aromatic heterocycles. The van der Waals surface area contributed by atoms with E-state index < -0.39 is 0 Å². The van der Waals surface area contributed by atoms with E-state index >= 15 is 0 Å². The third-order valence-electron chi connectivity index (χ3n) is 3.06. The van der Waals surface area contributed by atoms with Crippen LogP contribution in [0.3, 0.4) is 0 Å². The molecule has 0 saturated carbocycles. The van der Waals surface area contributed by atoms with Gasteiger partial charge in [-0.1, -0.05) is 28.1 Å². The van der Waals surface area contributed by atoms with E-state index in [0.29, 0.717) is 0 Å². The van der Waals surface area contributed by atoms with Crippen LogP contribution < -0.4 is 5.32 Å². The number of aryl methyl sites for hydroxylation is 1. The molecule has 19 heavy (non-hydrogen) atoms. The maximum absolute atomic E-state index is 4.61. The van der Waals surface area contributed by atoms with Crippen LogP contribution in [0.15, 0.2) is 28.7 Å². The fourth-order valence-corrected chi connectivity index (χ4v) is 2.15. The summed E-state index contributed by atoms with van der Waals surface area (Å²) in [7, 11) is 0. The molecule has 0 fully saturated rings. The Morgan fingerprint density at radius 2 is 1.79 bits per heavy atom. The van der Waals surface area contributed by atoms with Crippen molar-refractivity contribution in [3.63, 3.8) is 0 Å². The molecule has 0 aliphatic heterocycles. The zero-order valence-electron chi connectivity index (χ0n) is 11.5. The zero-order valence-corrected chi connectivity index (χ0v) is 13.1. The molecule has 0 unspecified atom stereocenters. The summed E-state index contributed by atoms with van der Waals surface area (Å²) in [6.07, 6.45) is 0.757. The molecule has 2 aromatic rings. The van der Waals surface area contributed by atoms with Crippen LogP contribution in [-0.4, -0.2) is 16.5 Å². The van der Waals surface area contributed by atoms with E-state index in [1.807, 2.05) is 19.1 Å². The molecule has 0 aliphatic rings. The van der Waals surface area contributed by atoms with E-state index in [2.05, 4.69) is 57.2 Å². The van der Waals surface area contributed by atoms with Crippen molar-refractivity contribution in [2.45, 2.75) is 27.2 Å². The van der Waals surface area contributed by atoms with Crippen LogP contribution in [0.4, 0.5) is 5.82 Å². The Bertz CT molecular complexity index is 564. The molecule has 2 rings (SSSR count). The van der Waals surface area contributed by atoms with Gasteiger partial charge in [0.25, 0.3) is 0 Å². The van der Waals surface area contributed by atoms with E-state index in [4.69, 9.17) is 0 Å². The first-order valence-corrected chi connectivity index (χ1v) is 7.22. The molecule has 0 spiro atoms. The maximum atomic E-state index is 4.61. The highest BCUT2D eigenvalue weighted by Gasteiger charge is 2.08. The van der Waals surface area contributed by atoms with Gasteiger partial charge in [-0.3, -0.25) is 0 Å². The summed E-state index contributed by atoms with van der Waals surface area (Å²) >= 11 is 3.44. The molecule has 0 amide bonds. The van der Waals surface area contributed by atoms with Crippen LogP contribution in [0.25, 0.3) is 0 Å². The first-order valence-electron chi connectivity index (χ1n) is 6.42. The summed E-state index contributed by atoms with van der Waals surface area (Å²) in [5, 5.41) is 3.29. The summed E-state index contributed by atoms with van der Waals surface area (Å²) < 4.78 is 1.09. The van der Waals surface area contributed by atoms with Gasteiger partial charge in [0.1, 0.15) is 11.6 Å². The van der Waals surface area contributed by atoms with Gasteiger partial charge in [-0.2, -0.15) is 0 Å². The highest BCUT2D eigenvalue weighted by molar-refractivity contribution is 9.10. The van der Waals surface area contributed by atoms with Gasteiger partial charge in [0.05, 0.1) is 0 Å². The Kier molecular flexibility index (Phi) is 4.53. The van der Waals surface area contributed by atoms with E-state index in [1.54, 1.807) is 0 Å². The third-order valence-corrected chi connectivity index (χ3v) is 3.58. The van der Waals surface area contributed by atoms with Crippen molar-refractivity contribution in [1.82, 2.24) is 9.97 Å². The molecule has 3 nitrogen and oxygen atoms in total. The monoisotopic (exact) mass is 319 g/mol. The Balaban J connectivity index is 2.27. The summed E-state index contributed by atoms with van der Waals surface area (Å²) in [5.41, 5.74) is 3.38. The lowest BCUT2D eigenvalue weighted by Gasteiger charge is -2.11. The molecule has 0 radical (unpaired) electrons. The fraction of sp³-hybridized carbons (Fsp3) is 0.333. The minimum Gasteiger partial charge on any atom is -0.370 e. The molecule has 0 aliphatic carbocycles. The zero-order chi connectivity index (χ0) is 13.8. The second kappa shape index (κ2) is 6.15. The average molecular weight is 320 g/mol. The number of hydrogen-bond donors (Lipinski definition) is 1. The number of rotatable bonds is 4. The van der Waals surface area contributed by atoms with Crippen molar-refractivity contribution < 1.29 is 0 Å². The minimum absolute atomic E-state index is 0.757. The number of anilines is 1. The summed E-state index contributed by atoms with van der Waals surface area (Å²) in [4.78, 5) is 9.18. The number of nitrogens with one attached hydrogen (secondary N) is 1. The topological polar surface area (TPSA) is 37.8 Å². The molecular formula is C15H18BrN3. The fourth-order valence-electron chi connectivity index (χ4n) is 1.89. The molecule has 0 saturated heterocycles. The molecule has 1 N–H and O–H groups in total. The molecule has 0 bridgehead atoms. The first kappa shape index (κ1) is 14.0. The maximum Gasteiger partial charge on any atom is 0.135 e. The van der Waals surface area contributed by atoms with E-state index in [-0.39, 0.29) is 0 Å². The van der Waals surface area contributed by atoms with E-state index in [1.165, 1.54) is 5.56 Å². The average Bonchev–Trinajstić information content (AvgIpc) is 2.38. The molecule has 100 valence electrons. The van der Waals surface area contributed by atoms with Gasteiger partial charge in [-0.15, -0.1) is 0 Å². The predicted molar refractivity (Wildman–Crippen MR) is 82.6 cm³/mol. The SMILES string of the molecule is CCNc1nc(Cc2ccc(Br)cc2)nc(C)c1C.